The van der Waals surface area contributed by atoms with Gasteiger partial charge in [-0.25, -0.2) is 9.71 Å². The Morgan fingerprint density at radius 1 is 1.02 bits per heavy atom. The molecule has 0 spiro atoms. The van der Waals surface area contributed by atoms with Gasteiger partial charge in [0.1, 0.15) is 11.6 Å². The number of piperidine rings is 1. The largest absolute Gasteiger partial charge is 0.477 e. The number of sulfonamides is 1. The third-order valence-electron chi connectivity index (χ3n) is 9.38. The quantitative estimate of drug-likeness (QED) is 0.322. The van der Waals surface area contributed by atoms with E-state index in [2.05, 4.69) is 23.6 Å². The first kappa shape index (κ1) is 31.8. The van der Waals surface area contributed by atoms with E-state index in [1.807, 2.05) is 42.2 Å². The smallest absolute Gasteiger partial charge is 0.281 e. The molecule has 9 nitrogen and oxygen atoms in total. The Balaban J connectivity index is 1.14. The number of hydrogen-bond acceptors (Lipinski definition) is 8. The van der Waals surface area contributed by atoms with Gasteiger partial charge in [0.25, 0.3) is 15.9 Å². The van der Waals surface area contributed by atoms with Crippen LogP contribution in [0.4, 0.5) is 5.82 Å². The van der Waals surface area contributed by atoms with Crippen molar-refractivity contribution in [3.63, 3.8) is 0 Å². The number of carbonyl (C=O) groups excluding carboxylic acids is 1. The van der Waals surface area contributed by atoms with Gasteiger partial charge in [-0.3, -0.25) is 4.79 Å². The highest BCUT2D eigenvalue weighted by atomic mass is 35.5. The second kappa shape index (κ2) is 11.9. The van der Waals surface area contributed by atoms with Gasteiger partial charge in [0, 0.05) is 36.9 Å². The highest BCUT2D eigenvalue weighted by molar-refractivity contribution is 7.90. The first-order chi connectivity index (χ1) is 21.3. The molecule has 45 heavy (non-hydrogen) atoms. The molecular weight excluding hydrogens is 614 g/mol. The number of halogens is 1. The number of carbonyl (C=O) groups is 1. The molecule has 240 valence electrons. The van der Waals surface area contributed by atoms with Crippen LogP contribution in [0.25, 0.3) is 0 Å². The molecule has 0 radical (unpaired) electrons. The monoisotopic (exact) mass is 653 g/mol. The Hall–Kier alpha value is -3.18. The zero-order valence-electron chi connectivity index (χ0n) is 25.9. The summed E-state index contributed by atoms with van der Waals surface area (Å²) >= 11 is 6.01. The van der Waals surface area contributed by atoms with Crippen LogP contribution >= 0.6 is 11.6 Å². The molecular formula is C34H40ClN3O6S. The molecule has 3 aliphatic rings. The fourth-order valence-electron chi connectivity index (χ4n) is 6.22. The highest BCUT2D eigenvalue weighted by Crippen LogP contribution is 2.46. The van der Waals surface area contributed by atoms with Gasteiger partial charge in [-0.1, -0.05) is 48.0 Å². The SMILES string of the molecule is Cc1cccc(C2CCC(C)(C)OC2)c1OC1(C(=O)NS(=O)(=O)c2cccc(N3CCC(O)(c4ccc(Cl)cc4)CC3)n2)CC1. The van der Waals surface area contributed by atoms with E-state index < -0.39 is 27.1 Å². The van der Waals surface area contributed by atoms with Crippen LogP contribution < -0.4 is 14.4 Å². The molecule has 2 saturated heterocycles. The van der Waals surface area contributed by atoms with Crippen molar-refractivity contribution in [3.05, 3.63) is 82.4 Å². The Morgan fingerprint density at radius 2 is 1.71 bits per heavy atom. The van der Waals surface area contributed by atoms with Crippen LogP contribution in [0.15, 0.2) is 65.7 Å². The molecule has 11 heteroatoms. The minimum absolute atomic E-state index is 0.124. The predicted molar refractivity (Wildman–Crippen MR) is 172 cm³/mol. The lowest BCUT2D eigenvalue weighted by molar-refractivity contribution is -0.128. The summed E-state index contributed by atoms with van der Waals surface area (Å²) in [6.07, 6.45) is 3.54. The number of aliphatic hydroxyl groups is 1. The summed E-state index contributed by atoms with van der Waals surface area (Å²) in [6.45, 7) is 7.60. The van der Waals surface area contributed by atoms with E-state index in [0.717, 1.165) is 29.5 Å². The Kier molecular flexibility index (Phi) is 8.39. The summed E-state index contributed by atoms with van der Waals surface area (Å²) < 4.78 is 41.6. The number of nitrogens with one attached hydrogen (secondary N) is 1. The number of rotatable bonds is 8. The van der Waals surface area contributed by atoms with Crippen molar-refractivity contribution in [1.82, 2.24) is 9.71 Å². The molecule has 0 bridgehead atoms. The van der Waals surface area contributed by atoms with Crippen LogP contribution in [0, 0.1) is 6.92 Å². The first-order valence-electron chi connectivity index (χ1n) is 15.5. The summed E-state index contributed by atoms with van der Waals surface area (Å²) in [5.41, 5.74) is 0.217. The van der Waals surface area contributed by atoms with Crippen LogP contribution in [0.3, 0.4) is 0 Å². The second-order valence-electron chi connectivity index (χ2n) is 13.2. The van der Waals surface area contributed by atoms with Gasteiger partial charge in [0.15, 0.2) is 10.6 Å². The number of amides is 1. The van der Waals surface area contributed by atoms with Gasteiger partial charge in [-0.05, 0) is 87.4 Å². The van der Waals surface area contributed by atoms with Gasteiger partial charge < -0.3 is 19.5 Å². The first-order valence-corrected chi connectivity index (χ1v) is 17.4. The van der Waals surface area contributed by atoms with Crippen LogP contribution in [-0.4, -0.2) is 55.3 Å². The van der Waals surface area contributed by atoms with Crippen LogP contribution in [0.2, 0.25) is 5.02 Å². The number of aryl methyl sites for hydroxylation is 1. The van der Waals surface area contributed by atoms with Crippen molar-refractivity contribution in [2.75, 3.05) is 24.6 Å². The van der Waals surface area contributed by atoms with E-state index in [4.69, 9.17) is 21.1 Å². The molecule has 3 fully saturated rings. The van der Waals surface area contributed by atoms with Gasteiger partial charge >= 0.3 is 0 Å². The van der Waals surface area contributed by atoms with E-state index >= 15 is 0 Å². The number of pyridine rings is 1. The van der Waals surface area contributed by atoms with E-state index in [9.17, 15) is 18.3 Å². The molecule has 1 unspecified atom stereocenters. The van der Waals surface area contributed by atoms with Crippen molar-refractivity contribution in [3.8, 4) is 5.75 Å². The van der Waals surface area contributed by atoms with Crippen LogP contribution in [0.5, 0.6) is 5.75 Å². The van der Waals surface area contributed by atoms with Gasteiger partial charge in [0.2, 0.25) is 0 Å². The van der Waals surface area contributed by atoms with E-state index in [0.29, 0.717) is 62.0 Å². The molecule has 1 saturated carbocycles. The number of para-hydroxylation sites is 1. The molecule has 1 aromatic heterocycles. The number of aromatic nitrogens is 1. The topological polar surface area (TPSA) is 118 Å². The molecule has 2 aromatic carbocycles. The van der Waals surface area contributed by atoms with Crippen molar-refractivity contribution in [2.45, 2.75) is 87.0 Å². The number of benzene rings is 2. The number of hydrogen-bond donors (Lipinski definition) is 2. The lowest BCUT2D eigenvalue weighted by Crippen LogP contribution is -2.44. The third-order valence-corrected chi connectivity index (χ3v) is 10.9. The lowest BCUT2D eigenvalue weighted by Gasteiger charge is -2.39. The second-order valence-corrected chi connectivity index (χ2v) is 15.3. The summed E-state index contributed by atoms with van der Waals surface area (Å²) in [4.78, 5) is 19.9. The minimum Gasteiger partial charge on any atom is -0.477 e. The normalized spacial score (nSPS) is 22.0. The summed E-state index contributed by atoms with van der Waals surface area (Å²) in [5, 5.41) is 11.6. The Bertz CT molecular complexity index is 1670. The number of anilines is 1. The van der Waals surface area contributed by atoms with Crippen molar-refractivity contribution >= 4 is 33.3 Å². The fraction of sp³-hybridized carbons (Fsp3) is 0.471. The van der Waals surface area contributed by atoms with Gasteiger partial charge in [-0.2, -0.15) is 8.42 Å². The maximum Gasteiger partial charge on any atom is 0.281 e. The molecule has 2 N–H and O–H groups in total. The lowest BCUT2D eigenvalue weighted by atomic mass is 9.84. The van der Waals surface area contributed by atoms with Crippen molar-refractivity contribution in [1.29, 1.82) is 0 Å². The standard InChI is InChI=1S/C34H40ClN3O6S/c1-23-6-4-7-27(24-14-15-32(2,3)43-22-24)30(23)44-34(16-17-34)31(39)37-45(41,42)29-9-5-8-28(36-29)38-20-18-33(40,19-21-38)25-10-12-26(35)13-11-25/h4-13,24,40H,14-22H2,1-3H3,(H,37,39). The van der Waals surface area contributed by atoms with E-state index in [-0.39, 0.29) is 16.5 Å². The average molecular weight is 654 g/mol. The molecule has 1 amide bonds. The van der Waals surface area contributed by atoms with Crippen LogP contribution in [0.1, 0.15) is 75.0 Å². The zero-order valence-corrected chi connectivity index (χ0v) is 27.5. The molecule has 3 aromatic rings. The molecule has 3 heterocycles. The van der Waals surface area contributed by atoms with Gasteiger partial charge in [-0.15, -0.1) is 0 Å². The predicted octanol–water partition coefficient (Wildman–Crippen LogP) is 5.62. The maximum absolute atomic E-state index is 13.5. The number of nitrogens with zero attached hydrogens (tertiary/aromatic N) is 2. The van der Waals surface area contributed by atoms with Crippen molar-refractivity contribution < 1.29 is 27.8 Å². The summed E-state index contributed by atoms with van der Waals surface area (Å²) in [7, 11) is -4.28. The van der Waals surface area contributed by atoms with Crippen LogP contribution in [-0.2, 0) is 25.2 Å². The fourth-order valence-corrected chi connectivity index (χ4v) is 7.35. The van der Waals surface area contributed by atoms with E-state index in [1.165, 1.54) is 6.07 Å². The highest BCUT2D eigenvalue weighted by Gasteiger charge is 2.55. The zero-order chi connectivity index (χ0) is 32.0. The summed E-state index contributed by atoms with van der Waals surface area (Å²) in [5.74, 6) is 0.512. The molecule has 2 aliphatic heterocycles. The van der Waals surface area contributed by atoms with E-state index in [1.54, 1.807) is 24.3 Å². The number of ether oxygens (including phenoxy) is 2. The van der Waals surface area contributed by atoms with Gasteiger partial charge in [0.05, 0.1) is 17.8 Å². The Morgan fingerprint density at radius 3 is 2.36 bits per heavy atom. The molecule has 1 aliphatic carbocycles. The third kappa shape index (κ3) is 6.70. The minimum atomic E-state index is -4.28. The maximum atomic E-state index is 13.5. The summed E-state index contributed by atoms with van der Waals surface area (Å²) in [6, 6.07) is 17.8. The van der Waals surface area contributed by atoms with Crippen molar-refractivity contribution in [2.24, 2.45) is 0 Å². The molecule has 6 rings (SSSR count). The Labute approximate surface area is 270 Å². The average Bonchev–Trinajstić information content (AvgIpc) is 3.80. The molecule has 1 atom stereocenters.